The second-order valence-electron chi connectivity index (χ2n) is 3.82. The lowest BCUT2D eigenvalue weighted by Gasteiger charge is -2.18. The highest BCUT2D eigenvalue weighted by molar-refractivity contribution is 5.24. The standard InChI is InChI=1S/C11H20F2N2.CH3N/c1-6-15(5)7-10(9(2)3)14-8-11(4,12)13;1-2/h7,14H,2,6,8H2,1,3-5H3;2H,1H2/b10-7+;. The predicted octanol–water partition coefficient (Wildman–Crippen LogP) is 2.87. The van der Waals surface area contributed by atoms with Crippen LogP contribution in [0.2, 0.25) is 0 Å². The Balaban J connectivity index is 0. The second kappa shape index (κ2) is 8.73. The van der Waals surface area contributed by atoms with E-state index in [4.69, 9.17) is 5.41 Å². The van der Waals surface area contributed by atoms with Gasteiger partial charge in [0.05, 0.1) is 12.2 Å². The first-order valence-corrected chi connectivity index (χ1v) is 5.31. The van der Waals surface area contributed by atoms with Crippen LogP contribution in [0.15, 0.2) is 24.0 Å². The first kappa shape index (κ1) is 18.0. The van der Waals surface area contributed by atoms with Crippen LogP contribution in [0.5, 0.6) is 0 Å². The van der Waals surface area contributed by atoms with E-state index in [-0.39, 0.29) is 6.54 Å². The van der Waals surface area contributed by atoms with E-state index in [9.17, 15) is 8.78 Å². The van der Waals surface area contributed by atoms with Crippen LogP contribution in [0.1, 0.15) is 20.8 Å². The molecular formula is C12H23F2N3. The zero-order valence-electron chi connectivity index (χ0n) is 11.1. The maximum Gasteiger partial charge on any atom is 0.262 e. The Kier molecular flexibility index (Phi) is 9.23. The second-order valence-corrected chi connectivity index (χ2v) is 3.82. The molecule has 0 bridgehead atoms. The van der Waals surface area contributed by atoms with E-state index >= 15 is 0 Å². The van der Waals surface area contributed by atoms with E-state index in [1.165, 1.54) is 0 Å². The predicted molar refractivity (Wildman–Crippen MR) is 69.7 cm³/mol. The van der Waals surface area contributed by atoms with Gasteiger partial charge in [0.2, 0.25) is 0 Å². The van der Waals surface area contributed by atoms with Gasteiger partial charge in [-0.05, 0) is 26.1 Å². The molecule has 0 aliphatic heterocycles. The summed E-state index contributed by atoms with van der Waals surface area (Å²) in [6.07, 6.45) is 1.79. The number of rotatable bonds is 6. The fourth-order valence-corrected chi connectivity index (χ4v) is 0.869. The van der Waals surface area contributed by atoms with Crippen LogP contribution in [0, 0.1) is 5.41 Å². The van der Waals surface area contributed by atoms with Gasteiger partial charge in [-0.3, -0.25) is 0 Å². The van der Waals surface area contributed by atoms with Gasteiger partial charge in [-0.1, -0.05) is 6.58 Å². The minimum atomic E-state index is -2.71. The monoisotopic (exact) mass is 247 g/mol. The van der Waals surface area contributed by atoms with Gasteiger partial charge in [0.25, 0.3) is 5.92 Å². The van der Waals surface area contributed by atoms with Crippen LogP contribution < -0.4 is 5.32 Å². The molecule has 0 unspecified atom stereocenters. The van der Waals surface area contributed by atoms with Crippen LogP contribution in [-0.4, -0.2) is 37.7 Å². The summed E-state index contributed by atoms with van der Waals surface area (Å²) in [5, 5.41) is 8.19. The Bertz CT molecular complexity index is 257. The molecule has 0 heterocycles. The summed E-state index contributed by atoms with van der Waals surface area (Å²) < 4.78 is 25.3. The highest BCUT2D eigenvalue weighted by Crippen LogP contribution is 2.12. The molecule has 0 rings (SSSR count). The lowest BCUT2D eigenvalue weighted by atomic mass is 10.2. The molecule has 0 aliphatic rings. The lowest BCUT2D eigenvalue weighted by molar-refractivity contribution is 0.0253. The van der Waals surface area contributed by atoms with Crippen molar-refractivity contribution in [3.8, 4) is 0 Å². The summed E-state index contributed by atoms with van der Waals surface area (Å²) in [4.78, 5) is 1.91. The molecule has 2 N–H and O–H groups in total. The molecule has 0 atom stereocenters. The summed E-state index contributed by atoms with van der Waals surface area (Å²) >= 11 is 0. The summed E-state index contributed by atoms with van der Waals surface area (Å²) in [6.45, 7) is 11.4. The van der Waals surface area contributed by atoms with Gasteiger partial charge in [0.15, 0.2) is 0 Å². The number of nitrogens with zero attached hydrogens (tertiary/aromatic N) is 1. The molecule has 0 aliphatic carbocycles. The van der Waals surface area contributed by atoms with Crippen molar-refractivity contribution in [2.24, 2.45) is 0 Å². The van der Waals surface area contributed by atoms with E-state index in [1.54, 1.807) is 13.1 Å². The number of alkyl halides is 2. The van der Waals surface area contributed by atoms with Crippen molar-refractivity contribution >= 4 is 6.72 Å². The molecule has 0 aromatic rings. The number of halogens is 2. The van der Waals surface area contributed by atoms with E-state index in [1.807, 2.05) is 18.9 Å². The number of nitrogens with one attached hydrogen (secondary N) is 2. The summed E-state index contributed by atoms with van der Waals surface area (Å²) in [5.74, 6) is -2.71. The summed E-state index contributed by atoms with van der Waals surface area (Å²) in [7, 11) is 1.88. The van der Waals surface area contributed by atoms with Crippen molar-refractivity contribution < 1.29 is 8.78 Å². The Hall–Kier alpha value is -1.39. The Labute approximate surface area is 103 Å². The van der Waals surface area contributed by atoms with Crippen LogP contribution in [0.4, 0.5) is 8.78 Å². The van der Waals surface area contributed by atoms with Gasteiger partial charge in [-0.25, -0.2) is 8.78 Å². The first-order chi connectivity index (χ1) is 7.76. The Morgan fingerprint density at radius 2 is 1.94 bits per heavy atom. The van der Waals surface area contributed by atoms with Gasteiger partial charge in [0, 0.05) is 26.7 Å². The fraction of sp³-hybridized carbons (Fsp3) is 0.583. The Morgan fingerprint density at radius 1 is 1.47 bits per heavy atom. The molecule has 0 radical (unpaired) electrons. The molecule has 0 spiro atoms. The van der Waals surface area contributed by atoms with Gasteiger partial charge in [0.1, 0.15) is 0 Å². The number of allylic oxidation sites excluding steroid dienone is 1. The molecule has 0 amide bonds. The fourth-order valence-electron chi connectivity index (χ4n) is 0.869. The first-order valence-electron chi connectivity index (χ1n) is 5.31. The maximum absolute atomic E-state index is 12.6. The molecule has 17 heavy (non-hydrogen) atoms. The van der Waals surface area contributed by atoms with Crippen LogP contribution in [0.3, 0.4) is 0 Å². The highest BCUT2D eigenvalue weighted by atomic mass is 19.3. The molecular weight excluding hydrogens is 224 g/mol. The van der Waals surface area contributed by atoms with Crippen molar-refractivity contribution in [2.45, 2.75) is 26.7 Å². The quantitative estimate of drug-likeness (QED) is 0.559. The largest absolute Gasteiger partial charge is 0.379 e. The van der Waals surface area contributed by atoms with Crippen LogP contribution >= 0.6 is 0 Å². The number of hydrogen-bond acceptors (Lipinski definition) is 3. The van der Waals surface area contributed by atoms with E-state index in [2.05, 4.69) is 18.6 Å². The third-order valence-corrected chi connectivity index (χ3v) is 1.90. The number of hydrogen-bond donors (Lipinski definition) is 2. The van der Waals surface area contributed by atoms with Crippen LogP contribution in [-0.2, 0) is 0 Å². The molecule has 0 fully saturated rings. The molecule has 3 nitrogen and oxygen atoms in total. The minimum absolute atomic E-state index is 0.372. The molecule has 0 saturated carbocycles. The van der Waals surface area contributed by atoms with Gasteiger partial charge < -0.3 is 15.6 Å². The van der Waals surface area contributed by atoms with E-state index < -0.39 is 5.92 Å². The van der Waals surface area contributed by atoms with Crippen molar-refractivity contribution in [3.63, 3.8) is 0 Å². The molecule has 0 aromatic carbocycles. The van der Waals surface area contributed by atoms with Crippen molar-refractivity contribution in [1.82, 2.24) is 10.2 Å². The van der Waals surface area contributed by atoms with E-state index in [0.717, 1.165) is 19.0 Å². The summed E-state index contributed by atoms with van der Waals surface area (Å²) in [5.41, 5.74) is 1.40. The summed E-state index contributed by atoms with van der Waals surface area (Å²) in [6, 6.07) is 0. The SMILES string of the molecule is C=C(C)/C(=C\N(C)CC)NCC(C)(F)F.C=N. The highest BCUT2D eigenvalue weighted by Gasteiger charge is 2.20. The molecule has 0 aromatic heterocycles. The third kappa shape index (κ3) is 10.9. The molecule has 5 heteroatoms. The molecule has 100 valence electrons. The van der Waals surface area contributed by atoms with Crippen molar-refractivity contribution in [3.05, 3.63) is 24.0 Å². The van der Waals surface area contributed by atoms with Gasteiger partial charge in [-0.15, -0.1) is 0 Å². The zero-order valence-corrected chi connectivity index (χ0v) is 11.1. The van der Waals surface area contributed by atoms with Crippen molar-refractivity contribution in [1.29, 1.82) is 5.41 Å². The molecule has 0 saturated heterocycles. The van der Waals surface area contributed by atoms with Gasteiger partial charge in [-0.2, -0.15) is 0 Å². The van der Waals surface area contributed by atoms with Crippen molar-refractivity contribution in [2.75, 3.05) is 20.1 Å². The maximum atomic E-state index is 12.6. The average molecular weight is 247 g/mol. The van der Waals surface area contributed by atoms with E-state index in [0.29, 0.717) is 5.70 Å². The Morgan fingerprint density at radius 3 is 2.24 bits per heavy atom. The average Bonchev–Trinajstić information content (AvgIpc) is 2.24. The third-order valence-electron chi connectivity index (χ3n) is 1.90. The van der Waals surface area contributed by atoms with Gasteiger partial charge >= 0.3 is 0 Å². The zero-order chi connectivity index (χ0) is 14.1. The normalized spacial score (nSPS) is 11.3. The smallest absolute Gasteiger partial charge is 0.262 e. The minimum Gasteiger partial charge on any atom is -0.379 e. The lowest BCUT2D eigenvalue weighted by Crippen LogP contribution is -2.30. The van der Waals surface area contributed by atoms with Crippen LogP contribution in [0.25, 0.3) is 0 Å². The topological polar surface area (TPSA) is 39.1 Å².